The fourth-order valence-electron chi connectivity index (χ4n) is 1.76. The van der Waals surface area contributed by atoms with Crippen molar-refractivity contribution < 1.29 is 9.53 Å². The largest absolute Gasteiger partial charge is 0.469 e. The van der Waals surface area contributed by atoms with E-state index in [1.54, 1.807) is 6.20 Å². The number of hydrogen-bond acceptors (Lipinski definition) is 4. The zero-order chi connectivity index (χ0) is 12.8. The SMILES string of the molecule is COC(=O)CCN1C=CC(c2ccccn2)=CC1.Cl. The van der Waals surface area contributed by atoms with Crippen molar-refractivity contribution in [2.45, 2.75) is 6.42 Å². The van der Waals surface area contributed by atoms with Crippen molar-refractivity contribution in [3.63, 3.8) is 0 Å². The van der Waals surface area contributed by atoms with Gasteiger partial charge in [-0.05, 0) is 23.8 Å². The summed E-state index contributed by atoms with van der Waals surface area (Å²) in [6.45, 7) is 1.47. The number of esters is 1. The highest BCUT2D eigenvalue weighted by molar-refractivity contribution is 5.85. The highest BCUT2D eigenvalue weighted by Crippen LogP contribution is 2.17. The van der Waals surface area contributed by atoms with Crippen LogP contribution in [0.3, 0.4) is 0 Å². The number of carbonyl (C=O) groups is 1. The third kappa shape index (κ3) is 4.41. The molecular weight excluding hydrogens is 264 g/mol. The van der Waals surface area contributed by atoms with Crippen molar-refractivity contribution in [2.75, 3.05) is 20.2 Å². The Labute approximate surface area is 119 Å². The van der Waals surface area contributed by atoms with Crippen LogP contribution in [0, 0.1) is 0 Å². The van der Waals surface area contributed by atoms with Gasteiger partial charge in [0.25, 0.3) is 0 Å². The van der Waals surface area contributed by atoms with E-state index in [0.29, 0.717) is 13.0 Å². The van der Waals surface area contributed by atoms with E-state index in [9.17, 15) is 4.79 Å². The standard InChI is InChI=1S/C14H16N2O2.ClH/c1-18-14(17)7-11-16-9-5-12(6-10-16)13-4-2-3-8-15-13;/h2-6,8-9H,7,10-11H2,1H3;1H. The molecule has 0 aliphatic carbocycles. The molecule has 0 aromatic carbocycles. The molecule has 2 rings (SSSR count). The lowest BCUT2D eigenvalue weighted by atomic mass is 10.1. The Bertz CT molecular complexity index is 472. The van der Waals surface area contributed by atoms with E-state index in [2.05, 4.69) is 20.7 Å². The second-order valence-electron chi connectivity index (χ2n) is 4.01. The van der Waals surface area contributed by atoms with Crippen LogP contribution < -0.4 is 0 Å². The minimum absolute atomic E-state index is 0. The van der Waals surface area contributed by atoms with E-state index in [1.807, 2.05) is 30.5 Å². The number of halogens is 1. The van der Waals surface area contributed by atoms with Crippen LogP contribution in [0.5, 0.6) is 0 Å². The molecule has 19 heavy (non-hydrogen) atoms. The molecule has 0 bridgehead atoms. The number of rotatable bonds is 4. The average molecular weight is 281 g/mol. The van der Waals surface area contributed by atoms with Gasteiger partial charge in [-0.1, -0.05) is 12.1 Å². The summed E-state index contributed by atoms with van der Waals surface area (Å²) in [6, 6.07) is 5.86. The molecule has 2 heterocycles. The minimum atomic E-state index is -0.178. The molecule has 102 valence electrons. The molecule has 1 aromatic rings. The summed E-state index contributed by atoms with van der Waals surface area (Å²) < 4.78 is 4.62. The normalized spacial score (nSPS) is 13.5. The summed E-state index contributed by atoms with van der Waals surface area (Å²) in [6.07, 6.45) is 8.32. The van der Waals surface area contributed by atoms with E-state index in [0.717, 1.165) is 17.8 Å². The summed E-state index contributed by atoms with van der Waals surface area (Å²) >= 11 is 0. The van der Waals surface area contributed by atoms with Gasteiger partial charge in [-0.3, -0.25) is 9.78 Å². The smallest absolute Gasteiger partial charge is 0.307 e. The molecule has 0 amide bonds. The van der Waals surface area contributed by atoms with Gasteiger partial charge in [-0.25, -0.2) is 0 Å². The molecule has 0 saturated carbocycles. The second-order valence-corrected chi connectivity index (χ2v) is 4.01. The zero-order valence-corrected chi connectivity index (χ0v) is 11.6. The monoisotopic (exact) mass is 280 g/mol. The Morgan fingerprint density at radius 2 is 2.32 bits per heavy atom. The zero-order valence-electron chi connectivity index (χ0n) is 10.8. The molecule has 0 saturated heterocycles. The van der Waals surface area contributed by atoms with Gasteiger partial charge in [0.05, 0.1) is 19.2 Å². The maximum Gasteiger partial charge on any atom is 0.307 e. The molecule has 0 radical (unpaired) electrons. The summed E-state index contributed by atoms with van der Waals surface area (Å²) in [5.74, 6) is -0.178. The van der Waals surface area contributed by atoms with E-state index < -0.39 is 0 Å². The van der Waals surface area contributed by atoms with Crippen molar-refractivity contribution in [3.05, 3.63) is 48.4 Å². The average Bonchev–Trinajstić information content (AvgIpc) is 2.46. The van der Waals surface area contributed by atoms with Gasteiger partial charge in [-0.15, -0.1) is 12.4 Å². The predicted octanol–water partition coefficient (Wildman–Crippen LogP) is 2.28. The van der Waals surface area contributed by atoms with Crippen LogP contribution in [0.4, 0.5) is 0 Å². The third-order valence-corrected chi connectivity index (χ3v) is 2.80. The highest BCUT2D eigenvalue weighted by atomic mass is 35.5. The quantitative estimate of drug-likeness (QED) is 0.794. The van der Waals surface area contributed by atoms with Gasteiger partial charge in [0.2, 0.25) is 0 Å². The van der Waals surface area contributed by atoms with E-state index in [1.165, 1.54) is 7.11 Å². The molecule has 0 atom stereocenters. The van der Waals surface area contributed by atoms with Gasteiger partial charge in [0.15, 0.2) is 0 Å². The van der Waals surface area contributed by atoms with Gasteiger partial charge in [0, 0.05) is 25.5 Å². The first kappa shape index (κ1) is 15.2. The maximum absolute atomic E-state index is 11.0. The van der Waals surface area contributed by atoms with Gasteiger partial charge < -0.3 is 9.64 Å². The minimum Gasteiger partial charge on any atom is -0.469 e. The van der Waals surface area contributed by atoms with Crippen LogP contribution in [0.15, 0.2) is 42.7 Å². The lowest BCUT2D eigenvalue weighted by molar-refractivity contribution is -0.140. The van der Waals surface area contributed by atoms with Gasteiger partial charge >= 0.3 is 5.97 Å². The Kier molecular flexibility index (Phi) is 6.09. The summed E-state index contributed by atoms with van der Waals surface area (Å²) in [5, 5.41) is 0. The van der Waals surface area contributed by atoms with Crippen molar-refractivity contribution >= 4 is 23.9 Å². The fourth-order valence-corrected chi connectivity index (χ4v) is 1.76. The van der Waals surface area contributed by atoms with E-state index in [-0.39, 0.29) is 18.4 Å². The third-order valence-electron chi connectivity index (χ3n) is 2.80. The van der Waals surface area contributed by atoms with Gasteiger partial charge in [0.1, 0.15) is 0 Å². The molecule has 1 aromatic heterocycles. The van der Waals surface area contributed by atoms with Crippen LogP contribution >= 0.6 is 12.4 Å². The number of allylic oxidation sites excluding steroid dienone is 2. The number of hydrogen-bond donors (Lipinski definition) is 0. The number of carbonyl (C=O) groups excluding carboxylic acids is 1. The van der Waals surface area contributed by atoms with Crippen LogP contribution in [0.25, 0.3) is 5.57 Å². The van der Waals surface area contributed by atoms with Crippen molar-refractivity contribution in [2.24, 2.45) is 0 Å². The van der Waals surface area contributed by atoms with E-state index >= 15 is 0 Å². The first-order valence-corrected chi connectivity index (χ1v) is 5.90. The van der Waals surface area contributed by atoms with Crippen LogP contribution in [0.2, 0.25) is 0 Å². The Hall–Kier alpha value is -1.81. The number of methoxy groups -OCH3 is 1. The first-order chi connectivity index (χ1) is 8.79. The van der Waals surface area contributed by atoms with Crippen LogP contribution in [-0.2, 0) is 9.53 Å². The van der Waals surface area contributed by atoms with Crippen molar-refractivity contribution in [1.82, 2.24) is 9.88 Å². The Morgan fingerprint density at radius 3 is 2.89 bits per heavy atom. The predicted molar refractivity (Wildman–Crippen MR) is 76.8 cm³/mol. The molecule has 0 spiro atoms. The summed E-state index contributed by atoms with van der Waals surface area (Å²) in [7, 11) is 1.41. The van der Waals surface area contributed by atoms with Gasteiger partial charge in [-0.2, -0.15) is 0 Å². The highest BCUT2D eigenvalue weighted by Gasteiger charge is 2.08. The molecule has 0 unspecified atom stereocenters. The molecular formula is C14H17ClN2O2. The number of aromatic nitrogens is 1. The summed E-state index contributed by atoms with van der Waals surface area (Å²) in [4.78, 5) is 17.4. The number of pyridine rings is 1. The van der Waals surface area contributed by atoms with Crippen molar-refractivity contribution in [1.29, 1.82) is 0 Å². The second kappa shape index (κ2) is 7.59. The Balaban J connectivity index is 0.00000180. The molecule has 1 aliphatic heterocycles. The lowest BCUT2D eigenvalue weighted by Gasteiger charge is -2.21. The fraction of sp³-hybridized carbons (Fsp3) is 0.286. The molecule has 5 heteroatoms. The summed E-state index contributed by atoms with van der Waals surface area (Å²) in [5.41, 5.74) is 2.09. The van der Waals surface area contributed by atoms with Crippen LogP contribution in [0.1, 0.15) is 12.1 Å². The number of ether oxygens (including phenoxy) is 1. The number of nitrogens with zero attached hydrogens (tertiary/aromatic N) is 2. The topological polar surface area (TPSA) is 42.4 Å². The molecule has 0 N–H and O–H groups in total. The molecule has 4 nitrogen and oxygen atoms in total. The molecule has 0 fully saturated rings. The van der Waals surface area contributed by atoms with Crippen molar-refractivity contribution in [3.8, 4) is 0 Å². The Morgan fingerprint density at radius 1 is 1.47 bits per heavy atom. The molecule has 1 aliphatic rings. The van der Waals surface area contributed by atoms with Crippen LogP contribution in [-0.4, -0.2) is 36.1 Å². The van der Waals surface area contributed by atoms with E-state index in [4.69, 9.17) is 0 Å². The lowest BCUT2D eigenvalue weighted by Crippen LogP contribution is -2.23. The first-order valence-electron chi connectivity index (χ1n) is 5.90. The maximum atomic E-state index is 11.0.